The van der Waals surface area contributed by atoms with E-state index >= 15 is 0 Å². The SMILES string of the molecule is CN1Cc2nn(C3CC3)c(C(=O)O)c2C1. The second-order valence-corrected chi connectivity index (χ2v) is 4.43. The number of aromatic nitrogens is 2. The third kappa shape index (κ3) is 1.26. The van der Waals surface area contributed by atoms with Crippen molar-refractivity contribution in [3.63, 3.8) is 0 Å². The van der Waals surface area contributed by atoms with Crippen LogP contribution in [0.1, 0.15) is 40.6 Å². The van der Waals surface area contributed by atoms with E-state index in [0.717, 1.165) is 30.6 Å². The van der Waals surface area contributed by atoms with Crippen molar-refractivity contribution in [3.05, 3.63) is 17.0 Å². The van der Waals surface area contributed by atoms with Crippen LogP contribution in [0.2, 0.25) is 0 Å². The van der Waals surface area contributed by atoms with Crippen LogP contribution in [0.5, 0.6) is 0 Å². The summed E-state index contributed by atoms with van der Waals surface area (Å²) in [4.78, 5) is 13.3. The number of aromatic carboxylic acids is 1. The second kappa shape index (κ2) is 2.82. The Hall–Kier alpha value is -1.36. The van der Waals surface area contributed by atoms with Crippen LogP contribution >= 0.6 is 0 Å². The monoisotopic (exact) mass is 207 g/mol. The molecule has 0 radical (unpaired) electrons. The molecule has 1 N–H and O–H groups in total. The lowest BCUT2D eigenvalue weighted by molar-refractivity contribution is 0.0681. The second-order valence-electron chi connectivity index (χ2n) is 4.43. The summed E-state index contributed by atoms with van der Waals surface area (Å²) in [6.07, 6.45) is 2.13. The molecule has 1 aromatic heterocycles. The first-order valence-electron chi connectivity index (χ1n) is 5.19. The average Bonchev–Trinajstić information content (AvgIpc) is 2.83. The number of carboxylic acid groups (broad SMARTS) is 1. The van der Waals surface area contributed by atoms with E-state index in [2.05, 4.69) is 10.00 Å². The molecule has 0 saturated heterocycles. The number of hydrogen-bond donors (Lipinski definition) is 1. The molecule has 1 fully saturated rings. The summed E-state index contributed by atoms with van der Waals surface area (Å²) < 4.78 is 1.72. The molecule has 1 aliphatic carbocycles. The number of rotatable bonds is 2. The van der Waals surface area contributed by atoms with Crippen LogP contribution in [0.25, 0.3) is 0 Å². The molecular weight excluding hydrogens is 194 g/mol. The van der Waals surface area contributed by atoms with Crippen molar-refractivity contribution in [2.24, 2.45) is 0 Å². The zero-order valence-electron chi connectivity index (χ0n) is 8.60. The van der Waals surface area contributed by atoms with Gasteiger partial charge in [0.1, 0.15) is 0 Å². The quantitative estimate of drug-likeness (QED) is 0.781. The molecule has 0 atom stereocenters. The van der Waals surface area contributed by atoms with Crippen molar-refractivity contribution in [3.8, 4) is 0 Å². The number of hydrogen-bond acceptors (Lipinski definition) is 3. The minimum Gasteiger partial charge on any atom is -0.477 e. The Bertz CT molecular complexity index is 434. The van der Waals surface area contributed by atoms with Crippen LogP contribution in [-0.4, -0.2) is 32.8 Å². The van der Waals surface area contributed by atoms with Gasteiger partial charge in [0.2, 0.25) is 0 Å². The molecular formula is C10H13N3O2. The molecule has 1 aliphatic heterocycles. The molecule has 15 heavy (non-hydrogen) atoms. The van der Waals surface area contributed by atoms with Crippen LogP contribution in [0.3, 0.4) is 0 Å². The molecule has 1 aromatic rings. The van der Waals surface area contributed by atoms with Crippen LogP contribution in [0, 0.1) is 0 Å². The topological polar surface area (TPSA) is 58.4 Å². The van der Waals surface area contributed by atoms with Gasteiger partial charge in [-0.15, -0.1) is 0 Å². The van der Waals surface area contributed by atoms with Crippen LogP contribution in [0.15, 0.2) is 0 Å². The van der Waals surface area contributed by atoms with Gasteiger partial charge in [0.05, 0.1) is 11.7 Å². The molecule has 0 amide bonds. The normalized spacial score (nSPS) is 20.6. The number of carbonyl (C=O) groups is 1. The van der Waals surface area contributed by atoms with E-state index in [-0.39, 0.29) is 0 Å². The van der Waals surface area contributed by atoms with Crippen LogP contribution in [0.4, 0.5) is 0 Å². The summed E-state index contributed by atoms with van der Waals surface area (Å²) in [6.45, 7) is 1.49. The van der Waals surface area contributed by atoms with Crippen molar-refractivity contribution in [2.75, 3.05) is 7.05 Å². The fraction of sp³-hybridized carbons (Fsp3) is 0.600. The lowest BCUT2D eigenvalue weighted by Gasteiger charge is -2.08. The van der Waals surface area contributed by atoms with Gasteiger partial charge in [0.15, 0.2) is 5.69 Å². The Morgan fingerprint density at radius 3 is 2.80 bits per heavy atom. The van der Waals surface area contributed by atoms with Gasteiger partial charge in [0, 0.05) is 18.7 Å². The zero-order chi connectivity index (χ0) is 10.6. The Labute approximate surface area is 87.3 Å². The molecule has 0 aromatic carbocycles. The van der Waals surface area contributed by atoms with Crippen molar-refractivity contribution < 1.29 is 9.90 Å². The molecule has 0 spiro atoms. The lowest BCUT2D eigenvalue weighted by Crippen LogP contribution is -2.15. The van der Waals surface area contributed by atoms with Gasteiger partial charge < -0.3 is 5.11 Å². The van der Waals surface area contributed by atoms with Gasteiger partial charge in [-0.25, -0.2) is 4.79 Å². The fourth-order valence-electron chi connectivity index (χ4n) is 2.20. The van der Waals surface area contributed by atoms with Crippen LogP contribution in [-0.2, 0) is 13.1 Å². The van der Waals surface area contributed by atoms with Gasteiger partial charge >= 0.3 is 5.97 Å². The Kier molecular flexibility index (Phi) is 1.68. The summed E-state index contributed by atoms with van der Waals surface area (Å²) in [5, 5.41) is 13.6. The van der Waals surface area contributed by atoms with E-state index in [1.807, 2.05) is 7.05 Å². The van der Waals surface area contributed by atoms with Gasteiger partial charge in [0.25, 0.3) is 0 Å². The maximum absolute atomic E-state index is 11.2. The standard InChI is InChI=1S/C10H13N3O2/c1-12-4-7-8(5-12)11-13(6-2-3-6)9(7)10(14)15/h6H,2-5H2,1H3,(H,14,15). The molecule has 5 nitrogen and oxygen atoms in total. The molecule has 3 rings (SSSR count). The predicted molar refractivity (Wildman–Crippen MR) is 52.6 cm³/mol. The largest absolute Gasteiger partial charge is 0.477 e. The molecule has 0 bridgehead atoms. The van der Waals surface area contributed by atoms with E-state index in [9.17, 15) is 9.90 Å². The minimum absolute atomic E-state index is 0.340. The van der Waals surface area contributed by atoms with Crippen molar-refractivity contribution in [1.29, 1.82) is 0 Å². The molecule has 0 unspecified atom stereocenters. The van der Waals surface area contributed by atoms with Crippen LogP contribution < -0.4 is 0 Å². The average molecular weight is 207 g/mol. The summed E-state index contributed by atoms with van der Waals surface area (Å²) >= 11 is 0. The molecule has 2 aliphatic rings. The molecule has 2 heterocycles. The highest BCUT2D eigenvalue weighted by molar-refractivity contribution is 5.88. The molecule has 5 heteroatoms. The molecule has 1 saturated carbocycles. The maximum atomic E-state index is 11.2. The first-order valence-corrected chi connectivity index (χ1v) is 5.19. The number of fused-ring (bicyclic) bond motifs is 1. The highest BCUT2D eigenvalue weighted by Crippen LogP contribution is 2.38. The maximum Gasteiger partial charge on any atom is 0.354 e. The predicted octanol–water partition coefficient (Wildman–Crippen LogP) is 0.862. The lowest BCUT2D eigenvalue weighted by atomic mass is 10.2. The van der Waals surface area contributed by atoms with Gasteiger partial charge in [-0.05, 0) is 19.9 Å². The fourth-order valence-corrected chi connectivity index (χ4v) is 2.20. The Morgan fingerprint density at radius 1 is 1.47 bits per heavy atom. The summed E-state index contributed by atoms with van der Waals surface area (Å²) in [6, 6.07) is 0.340. The van der Waals surface area contributed by atoms with E-state index in [4.69, 9.17) is 0 Å². The number of carboxylic acids is 1. The van der Waals surface area contributed by atoms with Gasteiger partial charge in [-0.3, -0.25) is 9.58 Å². The summed E-state index contributed by atoms with van der Waals surface area (Å²) in [7, 11) is 1.98. The Morgan fingerprint density at radius 2 is 2.20 bits per heavy atom. The van der Waals surface area contributed by atoms with Gasteiger partial charge in [-0.1, -0.05) is 0 Å². The van der Waals surface area contributed by atoms with E-state index < -0.39 is 5.97 Å². The summed E-state index contributed by atoms with van der Waals surface area (Å²) in [5.74, 6) is -0.842. The minimum atomic E-state index is -0.842. The third-order valence-electron chi connectivity index (χ3n) is 3.03. The van der Waals surface area contributed by atoms with E-state index in [1.54, 1.807) is 4.68 Å². The van der Waals surface area contributed by atoms with Gasteiger partial charge in [-0.2, -0.15) is 5.10 Å². The molecule has 80 valence electrons. The van der Waals surface area contributed by atoms with Crippen molar-refractivity contribution >= 4 is 5.97 Å². The Balaban J connectivity index is 2.11. The third-order valence-corrected chi connectivity index (χ3v) is 3.03. The smallest absolute Gasteiger partial charge is 0.354 e. The van der Waals surface area contributed by atoms with Crippen molar-refractivity contribution in [1.82, 2.24) is 14.7 Å². The first kappa shape index (κ1) is 8.91. The summed E-state index contributed by atoms with van der Waals surface area (Å²) in [5.41, 5.74) is 2.27. The van der Waals surface area contributed by atoms with Crippen molar-refractivity contribution in [2.45, 2.75) is 32.0 Å². The van der Waals surface area contributed by atoms with E-state index in [1.165, 1.54) is 0 Å². The highest BCUT2D eigenvalue weighted by Gasteiger charge is 2.35. The zero-order valence-corrected chi connectivity index (χ0v) is 8.60. The highest BCUT2D eigenvalue weighted by atomic mass is 16.4. The first-order chi connectivity index (χ1) is 7.16. The van der Waals surface area contributed by atoms with E-state index in [0.29, 0.717) is 18.3 Å². The number of nitrogens with zero attached hydrogens (tertiary/aromatic N) is 3.